The van der Waals surface area contributed by atoms with E-state index in [1.54, 1.807) is 10.9 Å². The highest BCUT2D eigenvalue weighted by Crippen LogP contribution is 1.91. The third-order valence-corrected chi connectivity index (χ3v) is 1.80. The Bertz CT molecular complexity index is 322. The van der Waals surface area contributed by atoms with Crippen molar-refractivity contribution >= 4 is 5.91 Å². The van der Waals surface area contributed by atoms with Gasteiger partial charge in [-0.15, -0.1) is 10.2 Å². The van der Waals surface area contributed by atoms with Crippen LogP contribution in [0.15, 0.2) is 6.33 Å². The minimum atomic E-state index is -0.147. The van der Waals surface area contributed by atoms with Crippen LogP contribution in [-0.2, 0) is 23.1 Å². The molecule has 1 aromatic rings. The number of nitrogens with one attached hydrogen (secondary N) is 1. The van der Waals surface area contributed by atoms with Gasteiger partial charge in [0, 0.05) is 7.05 Å². The number of ether oxygens (including phenoxy) is 1. The number of carbonyl (C=O) groups is 1. The van der Waals surface area contributed by atoms with Gasteiger partial charge in [0.25, 0.3) is 0 Å². The molecule has 0 aliphatic rings. The van der Waals surface area contributed by atoms with Crippen LogP contribution in [0.1, 0.15) is 19.7 Å². The Kier molecular flexibility index (Phi) is 4.23. The summed E-state index contributed by atoms with van der Waals surface area (Å²) in [6.45, 7) is 4.22. The van der Waals surface area contributed by atoms with E-state index in [1.165, 1.54) is 0 Å². The lowest BCUT2D eigenvalue weighted by molar-refractivity contribution is -0.127. The molecular formula is C9H16N4O2. The molecule has 0 saturated carbocycles. The Morgan fingerprint density at radius 1 is 1.67 bits per heavy atom. The quantitative estimate of drug-likeness (QED) is 0.737. The summed E-state index contributed by atoms with van der Waals surface area (Å²) < 4.78 is 6.90. The number of hydrogen-bond acceptors (Lipinski definition) is 4. The highest BCUT2D eigenvalue weighted by atomic mass is 16.5. The monoisotopic (exact) mass is 212 g/mol. The van der Waals surface area contributed by atoms with Crippen molar-refractivity contribution in [3.8, 4) is 0 Å². The molecule has 6 nitrogen and oxygen atoms in total. The predicted octanol–water partition coefficient (Wildman–Crippen LogP) is -0.144. The van der Waals surface area contributed by atoms with Gasteiger partial charge < -0.3 is 14.6 Å². The average molecular weight is 212 g/mol. The molecule has 1 amide bonds. The van der Waals surface area contributed by atoms with Gasteiger partial charge in [-0.2, -0.15) is 0 Å². The first kappa shape index (κ1) is 11.6. The molecule has 6 heteroatoms. The molecule has 0 aromatic carbocycles. The average Bonchev–Trinajstić information content (AvgIpc) is 2.58. The Morgan fingerprint density at radius 2 is 2.40 bits per heavy atom. The summed E-state index contributed by atoms with van der Waals surface area (Å²) in [7, 11) is 1.83. The minimum Gasteiger partial charge on any atom is -0.369 e. The van der Waals surface area contributed by atoms with Crippen molar-refractivity contribution in [3.63, 3.8) is 0 Å². The summed E-state index contributed by atoms with van der Waals surface area (Å²) in [4.78, 5) is 11.3. The minimum absolute atomic E-state index is 0.0607. The van der Waals surface area contributed by atoms with Gasteiger partial charge >= 0.3 is 0 Å². The largest absolute Gasteiger partial charge is 0.369 e. The summed E-state index contributed by atoms with van der Waals surface area (Å²) in [6.07, 6.45) is 1.65. The standard InChI is InChI=1S/C9H16N4O2/c1-7(2)15-5-9(14)10-4-8-12-11-6-13(8)3/h6-7H,4-5H2,1-3H3,(H,10,14). The van der Waals surface area contributed by atoms with Crippen molar-refractivity contribution in [1.29, 1.82) is 0 Å². The fraction of sp³-hybridized carbons (Fsp3) is 0.667. The molecule has 0 saturated heterocycles. The van der Waals surface area contributed by atoms with Crippen molar-refractivity contribution < 1.29 is 9.53 Å². The SMILES string of the molecule is CC(C)OCC(=O)NCc1nncn1C. The van der Waals surface area contributed by atoms with Gasteiger partial charge in [-0.1, -0.05) is 0 Å². The van der Waals surface area contributed by atoms with E-state index >= 15 is 0 Å². The van der Waals surface area contributed by atoms with Crippen molar-refractivity contribution in [1.82, 2.24) is 20.1 Å². The van der Waals surface area contributed by atoms with Gasteiger partial charge in [-0.25, -0.2) is 0 Å². The number of nitrogens with zero attached hydrogens (tertiary/aromatic N) is 3. The van der Waals surface area contributed by atoms with Crippen LogP contribution in [0.2, 0.25) is 0 Å². The van der Waals surface area contributed by atoms with E-state index in [4.69, 9.17) is 4.74 Å². The molecule has 15 heavy (non-hydrogen) atoms. The number of carbonyl (C=O) groups excluding carboxylic acids is 1. The number of amides is 1. The summed E-state index contributed by atoms with van der Waals surface area (Å²) in [6, 6.07) is 0. The van der Waals surface area contributed by atoms with Crippen LogP contribution < -0.4 is 5.32 Å². The summed E-state index contributed by atoms with van der Waals surface area (Å²) >= 11 is 0. The van der Waals surface area contributed by atoms with Gasteiger partial charge in [0.2, 0.25) is 5.91 Å². The Balaban J connectivity index is 2.26. The van der Waals surface area contributed by atoms with E-state index in [0.717, 1.165) is 0 Å². The first-order valence-electron chi connectivity index (χ1n) is 4.80. The van der Waals surface area contributed by atoms with E-state index in [0.29, 0.717) is 12.4 Å². The van der Waals surface area contributed by atoms with Crippen LogP contribution in [0, 0.1) is 0 Å². The molecule has 1 rings (SSSR count). The van der Waals surface area contributed by atoms with Gasteiger partial charge in [0.05, 0.1) is 12.6 Å². The molecule has 0 radical (unpaired) electrons. The van der Waals surface area contributed by atoms with E-state index in [1.807, 2.05) is 20.9 Å². The number of hydrogen-bond donors (Lipinski definition) is 1. The maximum absolute atomic E-state index is 11.3. The topological polar surface area (TPSA) is 69.0 Å². The van der Waals surface area contributed by atoms with Crippen LogP contribution in [0.5, 0.6) is 0 Å². The molecule has 0 atom stereocenters. The maximum Gasteiger partial charge on any atom is 0.246 e. The molecule has 1 N–H and O–H groups in total. The van der Waals surface area contributed by atoms with Crippen LogP contribution in [0.4, 0.5) is 0 Å². The van der Waals surface area contributed by atoms with E-state index in [-0.39, 0.29) is 18.6 Å². The first-order valence-corrected chi connectivity index (χ1v) is 4.80. The fourth-order valence-corrected chi connectivity index (χ4v) is 0.938. The van der Waals surface area contributed by atoms with Crippen LogP contribution in [0.3, 0.4) is 0 Å². The smallest absolute Gasteiger partial charge is 0.246 e. The molecule has 0 aliphatic heterocycles. The molecule has 0 unspecified atom stereocenters. The predicted molar refractivity (Wildman–Crippen MR) is 53.9 cm³/mol. The molecule has 84 valence electrons. The second-order valence-electron chi connectivity index (χ2n) is 3.49. The molecule has 1 heterocycles. The zero-order valence-electron chi connectivity index (χ0n) is 9.23. The lowest BCUT2D eigenvalue weighted by atomic mass is 10.5. The Labute approximate surface area is 88.6 Å². The van der Waals surface area contributed by atoms with Gasteiger partial charge in [0.15, 0.2) is 5.82 Å². The molecule has 0 bridgehead atoms. The lowest BCUT2D eigenvalue weighted by Crippen LogP contribution is -2.29. The summed E-state index contributed by atoms with van der Waals surface area (Å²) in [5, 5.41) is 10.2. The second kappa shape index (κ2) is 5.45. The zero-order valence-corrected chi connectivity index (χ0v) is 9.23. The van der Waals surface area contributed by atoms with Gasteiger partial charge in [-0.05, 0) is 13.8 Å². The lowest BCUT2D eigenvalue weighted by Gasteiger charge is -2.07. The van der Waals surface area contributed by atoms with E-state index < -0.39 is 0 Å². The third kappa shape index (κ3) is 4.07. The highest BCUT2D eigenvalue weighted by Gasteiger charge is 2.05. The zero-order chi connectivity index (χ0) is 11.3. The normalized spacial score (nSPS) is 10.7. The van der Waals surface area contributed by atoms with Crippen LogP contribution in [-0.4, -0.2) is 33.4 Å². The number of rotatable bonds is 5. The van der Waals surface area contributed by atoms with Crippen molar-refractivity contribution in [3.05, 3.63) is 12.2 Å². The number of aromatic nitrogens is 3. The second-order valence-corrected chi connectivity index (χ2v) is 3.49. The first-order chi connectivity index (χ1) is 7.09. The third-order valence-electron chi connectivity index (χ3n) is 1.80. The van der Waals surface area contributed by atoms with E-state index in [2.05, 4.69) is 15.5 Å². The van der Waals surface area contributed by atoms with Crippen LogP contribution in [0.25, 0.3) is 0 Å². The molecule has 0 aliphatic carbocycles. The molecule has 0 spiro atoms. The van der Waals surface area contributed by atoms with Gasteiger partial charge in [0.1, 0.15) is 12.9 Å². The molecular weight excluding hydrogens is 196 g/mol. The Morgan fingerprint density at radius 3 is 2.93 bits per heavy atom. The van der Waals surface area contributed by atoms with Crippen LogP contribution >= 0.6 is 0 Å². The Hall–Kier alpha value is -1.43. The molecule has 0 fully saturated rings. The van der Waals surface area contributed by atoms with Crippen molar-refractivity contribution in [2.75, 3.05) is 6.61 Å². The highest BCUT2D eigenvalue weighted by molar-refractivity contribution is 5.77. The van der Waals surface area contributed by atoms with Gasteiger partial charge in [-0.3, -0.25) is 4.79 Å². The number of aryl methyl sites for hydroxylation is 1. The van der Waals surface area contributed by atoms with Crippen molar-refractivity contribution in [2.24, 2.45) is 7.05 Å². The summed E-state index contributed by atoms with van der Waals surface area (Å²) in [5.41, 5.74) is 0. The van der Waals surface area contributed by atoms with Crippen molar-refractivity contribution in [2.45, 2.75) is 26.5 Å². The fourth-order valence-electron chi connectivity index (χ4n) is 0.938. The maximum atomic E-state index is 11.3. The molecule has 1 aromatic heterocycles. The van der Waals surface area contributed by atoms with E-state index in [9.17, 15) is 4.79 Å². The summed E-state index contributed by atoms with van der Waals surface area (Å²) in [5.74, 6) is 0.569.